The van der Waals surface area contributed by atoms with Crippen LogP contribution in [0.5, 0.6) is 0 Å². The van der Waals surface area contributed by atoms with E-state index in [-0.39, 0.29) is 37.5 Å². The molecule has 0 aliphatic carbocycles. The molecule has 2 aromatic rings. The van der Waals surface area contributed by atoms with Crippen LogP contribution in [0.25, 0.3) is 0 Å². The Labute approximate surface area is 187 Å². The molecule has 8 nitrogen and oxygen atoms in total. The molecule has 0 radical (unpaired) electrons. The fourth-order valence-electron chi connectivity index (χ4n) is 3.04. The number of ether oxygens (including phenoxy) is 1. The Morgan fingerprint density at radius 3 is 2.09 bits per heavy atom. The van der Waals surface area contributed by atoms with Gasteiger partial charge >= 0.3 is 11.9 Å². The number of hydrogen-bond acceptors (Lipinski definition) is 6. The topological polar surface area (TPSA) is 113 Å². The van der Waals surface area contributed by atoms with Gasteiger partial charge in [-0.2, -0.15) is 0 Å². The Kier molecular flexibility index (Phi) is 9.56. The molecule has 0 bridgehead atoms. The number of carboxylic acids is 1. The van der Waals surface area contributed by atoms with Crippen molar-refractivity contribution in [3.63, 3.8) is 0 Å². The highest BCUT2D eigenvalue weighted by atomic mass is 16.6. The molecule has 0 saturated carbocycles. The lowest BCUT2D eigenvalue weighted by molar-refractivity contribution is -0.165. The molecule has 2 aromatic carbocycles. The zero-order chi connectivity index (χ0) is 23.5. The second-order valence-corrected chi connectivity index (χ2v) is 7.63. The number of carbonyl (C=O) groups is 4. The molecule has 0 fully saturated rings. The fraction of sp³-hybridized carbons (Fsp3) is 0.333. The third-order valence-corrected chi connectivity index (χ3v) is 4.67. The number of ketones is 1. The summed E-state index contributed by atoms with van der Waals surface area (Å²) in [6, 6.07) is 16.9. The molecule has 2 atom stereocenters. The number of nitrogens with one attached hydrogen (secondary N) is 1. The molecule has 0 saturated heterocycles. The minimum absolute atomic E-state index is 0.0266. The summed E-state index contributed by atoms with van der Waals surface area (Å²) in [5, 5.41) is 11.9. The van der Waals surface area contributed by atoms with E-state index in [1.807, 2.05) is 30.3 Å². The molecule has 0 aliphatic heterocycles. The Hall–Kier alpha value is -3.52. The number of hydrogen-bond donors (Lipinski definition) is 2. The maximum absolute atomic E-state index is 12.9. The van der Waals surface area contributed by atoms with E-state index in [9.17, 15) is 24.3 Å². The van der Waals surface area contributed by atoms with Crippen LogP contribution < -0.4 is 5.32 Å². The predicted molar refractivity (Wildman–Crippen MR) is 118 cm³/mol. The molecule has 32 heavy (non-hydrogen) atoms. The van der Waals surface area contributed by atoms with Gasteiger partial charge in [0.05, 0.1) is 12.5 Å². The van der Waals surface area contributed by atoms with E-state index in [0.717, 1.165) is 5.56 Å². The van der Waals surface area contributed by atoms with Crippen molar-refractivity contribution in [2.24, 2.45) is 0 Å². The first-order valence-electron chi connectivity index (χ1n) is 10.3. The minimum Gasteiger partial charge on any atom is -0.478 e. The Balaban J connectivity index is 2.02. The standard InChI is InChI=1S/C24H28N2O6/c1-26(2)16-21(24(30)31)32-22(28)14-13-20(27)19(15-17-9-5-3-6-10-17)25-23(29)18-11-7-4-8-12-18/h3-12,19,21H,13-16H2,1-2H3,(H,25,29)(H,30,31)/t19-,21-/m0/s1. The normalized spacial score (nSPS) is 12.6. The van der Waals surface area contributed by atoms with Crippen molar-refractivity contribution in [2.75, 3.05) is 20.6 Å². The smallest absolute Gasteiger partial charge is 0.346 e. The summed E-state index contributed by atoms with van der Waals surface area (Å²) < 4.78 is 5.00. The van der Waals surface area contributed by atoms with E-state index in [4.69, 9.17) is 4.74 Å². The number of amides is 1. The molecule has 0 aliphatic rings. The van der Waals surface area contributed by atoms with Gasteiger partial charge in [0.25, 0.3) is 5.91 Å². The molecule has 170 valence electrons. The van der Waals surface area contributed by atoms with E-state index >= 15 is 0 Å². The third-order valence-electron chi connectivity index (χ3n) is 4.67. The number of carboxylic acid groups (broad SMARTS) is 1. The van der Waals surface area contributed by atoms with Crippen LogP contribution in [0.1, 0.15) is 28.8 Å². The number of aliphatic carboxylic acids is 1. The first-order chi connectivity index (χ1) is 15.3. The number of esters is 1. The molecule has 0 aromatic heterocycles. The quantitative estimate of drug-likeness (QED) is 0.485. The maximum atomic E-state index is 12.9. The van der Waals surface area contributed by atoms with Gasteiger partial charge in [-0.25, -0.2) is 4.79 Å². The van der Waals surface area contributed by atoms with Crippen LogP contribution >= 0.6 is 0 Å². The Bertz CT molecular complexity index is 915. The average Bonchev–Trinajstić information content (AvgIpc) is 2.77. The summed E-state index contributed by atoms with van der Waals surface area (Å²) in [6.07, 6.45) is -1.50. The zero-order valence-electron chi connectivity index (χ0n) is 18.2. The summed E-state index contributed by atoms with van der Waals surface area (Å²) in [7, 11) is 3.33. The monoisotopic (exact) mass is 440 g/mol. The minimum atomic E-state index is -1.31. The van der Waals surface area contributed by atoms with Gasteiger partial charge in [-0.05, 0) is 38.2 Å². The van der Waals surface area contributed by atoms with Gasteiger partial charge < -0.3 is 20.1 Å². The van der Waals surface area contributed by atoms with Crippen molar-refractivity contribution < 1.29 is 29.0 Å². The van der Waals surface area contributed by atoms with Crippen LogP contribution in [0.3, 0.4) is 0 Å². The maximum Gasteiger partial charge on any atom is 0.346 e. The number of carbonyl (C=O) groups excluding carboxylic acids is 3. The van der Waals surface area contributed by atoms with Crippen LogP contribution in [0.2, 0.25) is 0 Å². The number of likely N-dealkylation sites (N-methyl/N-ethyl adjacent to an activating group) is 1. The molecule has 0 heterocycles. The summed E-state index contributed by atoms with van der Waals surface area (Å²) in [4.78, 5) is 50.4. The predicted octanol–water partition coefficient (Wildman–Crippen LogP) is 1.93. The fourth-order valence-corrected chi connectivity index (χ4v) is 3.04. The van der Waals surface area contributed by atoms with Gasteiger partial charge in [-0.1, -0.05) is 48.5 Å². The molecule has 0 unspecified atom stereocenters. The lowest BCUT2D eigenvalue weighted by atomic mass is 9.99. The summed E-state index contributed by atoms with van der Waals surface area (Å²) >= 11 is 0. The first kappa shape index (κ1) is 24.7. The van der Waals surface area contributed by atoms with Gasteiger partial charge in [-0.15, -0.1) is 0 Å². The van der Waals surface area contributed by atoms with Crippen LogP contribution in [0.4, 0.5) is 0 Å². The SMILES string of the molecule is CN(C)C[C@H](OC(=O)CCC(=O)[C@H](Cc1ccccc1)NC(=O)c1ccccc1)C(=O)O. The van der Waals surface area contributed by atoms with Crippen molar-refractivity contribution in [1.82, 2.24) is 10.2 Å². The second kappa shape index (κ2) is 12.4. The summed E-state index contributed by atoms with van der Waals surface area (Å²) in [5.41, 5.74) is 1.28. The largest absolute Gasteiger partial charge is 0.478 e. The Morgan fingerprint density at radius 1 is 0.938 bits per heavy atom. The summed E-state index contributed by atoms with van der Waals surface area (Å²) in [5.74, 6) is -2.76. The second-order valence-electron chi connectivity index (χ2n) is 7.63. The Morgan fingerprint density at radius 2 is 1.53 bits per heavy atom. The molecule has 8 heteroatoms. The van der Waals surface area contributed by atoms with Gasteiger partial charge in [0, 0.05) is 18.5 Å². The zero-order valence-corrected chi connectivity index (χ0v) is 18.2. The van der Waals surface area contributed by atoms with Crippen molar-refractivity contribution >= 4 is 23.6 Å². The number of benzene rings is 2. The number of rotatable bonds is 12. The van der Waals surface area contributed by atoms with Gasteiger partial charge in [-0.3, -0.25) is 14.4 Å². The van der Waals surface area contributed by atoms with Gasteiger partial charge in [0.2, 0.25) is 6.10 Å². The van der Waals surface area contributed by atoms with Crippen molar-refractivity contribution in [2.45, 2.75) is 31.4 Å². The van der Waals surface area contributed by atoms with E-state index in [1.54, 1.807) is 49.3 Å². The van der Waals surface area contributed by atoms with Crippen LogP contribution in [0, 0.1) is 0 Å². The molecular weight excluding hydrogens is 412 g/mol. The molecule has 2 rings (SSSR count). The lowest BCUT2D eigenvalue weighted by Gasteiger charge is -2.19. The molecule has 0 spiro atoms. The third kappa shape index (κ3) is 8.31. The van der Waals surface area contributed by atoms with Crippen LogP contribution in [0.15, 0.2) is 60.7 Å². The van der Waals surface area contributed by atoms with E-state index in [0.29, 0.717) is 5.56 Å². The van der Waals surface area contributed by atoms with E-state index in [2.05, 4.69) is 5.32 Å². The number of nitrogens with zero attached hydrogens (tertiary/aromatic N) is 1. The highest BCUT2D eigenvalue weighted by Gasteiger charge is 2.26. The highest BCUT2D eigenvalue weighted by Crippen LogP contribution is 2.10. The highest BCUT2D eigenvalue weighted by molar-refractivity contribution is 5.98. The summed E-state index contributed by atoms with van der Waals surface area (Å²) in [6.45, 7) is 0.0266. The molecule has 2 N–H and O–H groups in total. The first-order valence-corrected chi connectivity index (χ1v) is 10.3. The van der Waals surface area contributed by atoms with E-state index < -0.39 is 24.1 Å². The lowest BCUT2D eigenvalue weighted by Crippen LogP contribution is -2.42. The van der Waals surface area contributed by atoms with E-state index in [1.165, 1.54) is 0 Å². The van der Waals surface area contributed by atoms with Crippen molar-refractivity contribution in [3.05, 3.63) is 71.8 Å². The molecule has 1 amide bonds. The van der Waals surface area contributed by atoms with Crippen molar-refractivity contribution in [1.29, 1.82) is 0 Å². The van der Waals surface area contributed by atoms with Gasteiger partial charge in [0.1, 0.15) is 0 Å². The van der Waals surface area contributed by atoms with Crippen LogP contribution in [-0.4, -0.2) is 66.4 Å². The average molecular weight is 440 g/mol. The number of Topliss-reactive ketones (excluding diaryl/α,β-unsaturated/α-hetero) is 1. The van der Waals surface area contributed by atoms with Crippen molar-refractivity contribution in [3.8, 4) is 0 Å². The van der Waals surface area contributed by atoms with Gasteiger partial charge in [0.15, 0.2) is 5.78 Å². The molecular formula is C24H28N2O6. The van der Waals surface area contributed by atoms with Crippen LogP contribution in [-0.2, 0) is 25.5 Å².